The van der Waals surface area contributed by atoms with E-state index < -0.39 is 11.5 Å². The second-order valence-electron chi connectivity index (χ2n) is 3.76. The molecule has 0 aliphatic heterocycles. The Labute approximate surface area is 86.1 Å². The molecule has 1 fully saturated rings. The second-order valence-corrected chi connectivity index (χ2v) is 3.76. The first-order chi connectivity index (χ1) is 7.15. The number of carbonyl (C=O) groups excluding carboxylic acids is 1. The van der Waals surface area contributed by atoms with E-state index in [2.05, 4.69) is 10.3 Å². The van der Waals surface area contributed by atoms with Gasteiger partial charge in [-0.05, 0) is 18.9 Å². The third-order valence-corrected chi connectivity index (χ3v) is 2.52. The summed E-state index contributed by atoms with van der Waals surface area (Å²) >= 11 is 0. The van der Waals surface area contributed by atoms with Crippen LogP contribution in [0, 0.1) is 5.95 Å². The lowest BCUT2D eigenvalue weighted by atomic mass is 10.2. The number of halogens is 1. The highest BCUT2D eigenvalue weighted by molar-refractivity contribution is 5.94. The van der Waals surface area contributed by atoms with Gasteiger partial charge in [-0.2, -0.15) is 4.39 Å². The fourth-order valence-electron chi connectivity index (χ4n) is 1.33. The highest BCUT2D eigenvalue weighted by Crippen LogP contribution is 2.34. The summed E-state index contributed by atoms with van der Waals surface area (Å²) in [5, 5.41) is 11.7. The van der Waals surface area contributed by atoms with Gasteiger partial charge >= 0.3 is 0 Å². The van der Waals surface area contributed by atoms with Crippen LogP contribution in [0.15, 0.2) is 18.3 Å². The van der Waals surface area contributed by atoms with Crippen molar-refractivity contribution in [3.05, 3.63) is 29.8 Å². The van der Waals surface area contributed by atoms with Gasteiger partial charge in [0.2, 0.25) is 5.95 Å². The monoisotopic (exact) mass is 210 g/mol. The van der Waals surface area contributed by atoms with E-state index in [0.29, 0.717) is 0 Å². The summed E-state index contributed by atoms with van der Waals surface area (Å²) in [7, 11) is 0. The maximum atomic E-state index is 12.7. The fourth-order valence-corrected chi connectivity index (χ4v) is 1.33. The summed E-state index contributed by atoms with van der Waals surface area (Å²) in [5.74, 6) is -1.06. The van der Waals surface area contributed by atoms with Crippen LogP contribution in [0.1, 0.15) is 23.2 Å². The van der Waals surface area contributed by atoms with Crippen molar-refractivity contribution in [3.8, 4) is 0 Å². The number of pyridine rings is 1. The van der Waals surface area contributed by atoms with E-state index >= 15 is 0 Å². The van der Waals surface area contributed by atoms with Crippen LogP contribution in [0.25, 0.3) is 0 Å². The minimum Gasteiger partial charge on any atom is -0.394 e. The first-order valence-corrected chi connectivity index (χ1v) is 4.70. The molecule has 0 unspecified atom stereocenters. The minimum atomic E-state index is -0.684. The van der Waals surface area contributed by atoms with Crippen LogP contribution in [0.2, 0.25) is 0 Å². The number of rotatable bonds is 3. The van der Waals surface area contributed by atoms with E-state index in [4.69, 9.17) is 5.11 Å². The molecule has 2 rings (SSSR count). The highest BCUT2D eigenvalue weighted by atomic mass is 19.1. The maximum Gasteiger partial charge on any atom is 0.252 e. The van der Waals surface area contributed by atoms with Gasteiger partial charge in [0.05, 0.1) is 12.1 Å². The molecule has 1 aromatic rings. The van der Waals surface area contributed by atoms with Crippen molar-refractivity contribution < 1.29 is 14.3 Å². The van der Waals surface area contributed by atoms with Crippen molar-refractivity contribution in [1.82, 2.24) is 10.3 Å². The predicted molar refractivity (Wildman–Crippen MR) is 50.7 cm³/mol. The molecule has 1 amide bonds. The molecule has 1 aromatic heterocycles. The molecule has 2 N–H and O–H groups in total. The zero-order chi connectivity index (χ0) is 10.9. The molecule has 0 aromatic carbocycles. The van der Waals surface area contributed by atoms with Crippen LogP contribution < -0.4 is 5.32 Å². The third-order valence-electron chi connectivity index (χ3n) is 2.52. The number of aliphatic hydroxyl groups is 1. The number of hydrogen-bond donors (Lipinski definition) is 2. The van der Waals surface area contributed by atoms with Gasteiger partial charge in [0.1, 0.15) is 0 Å². The van der Waals surface area contributed by atoms with Crippen LogP contribution in [0.4, 0.5) is 4.39 Å². The molecule has 0 bridgehead atoms. The topological polar surface area (TPSA) is 62.2 Å². The van der Waals surface area contributed by atoms with Crippen molar-refractivity contribution in [2.75, 3.05) is 6.61 Å². The van der Waals surface area contributed by atoms with Gasteiger partial charge in [0, 0.05) is 17.8 Å². The quantitative estimate of drug-likeness (QED) is 0.713. The van der Waals surface area contributed by atoms with Gasteiger partial charge in [0.15, 0.2) is 0 Å². The Bertz CT molecular complexity index is 391. The van der Waals surface area contributed by atoms with Crippen molar-refractivity contribution in [2.45, 2.75) is 18.4 Å². The normalized spacial score (nSPS) is 17.2. The summed E-state index contributed by atoms with van der Waals surface area (Å²) in [4.78, 5) is 15.0. The van der Waals surface area contributed by atoms with Crippen molar-refractivity contribution in [2.24, 2.45) is 0 Å². The van der Waals surface area contributed by atoms with Crippen LogP contribution >= 0.6 is 0 Å². The molecule has 15 heavy (non-hydrogen) atoms. The molecular formula is C10H11FN2O2. The first kappa shape index (κ1) is 10.0. The molecule has 1 aliphatic rings. The van der Waals surface area contributed by atoms with Crippen molar-refractivity contribution in [1.29, 1.82) is 0 Å². The molecule has 1 heterocycles. The Hall–Kier alpha value is -1.49. The number of nitrogens with one attached hydrogen (secondary N) is 1. The predicted octanol–water partition coefficient (Wildman–Crippen LogP) is 0.475. The minimum absolute atomic E-state index is 0.0771. The number of carbonyl (C=O) groups is 1. The molecule has 0 spiro atoms. The zero-order valence-corrected chi connectivity index (χ0v) is 8.03. The third kappa shape index (κ3) is 2.12. The largest absolute Gasteiger partial charge is 0.394 e. The van der Waals surface area contributed by atoms with Gasteiger partial charge in [-0.3, -0.25) is 4.79 Å². The number of aromatic nitrogens is 1. The molecule has 4 nitrogen and oxygen atoms in total. The number of amides is 1. The van der Waals surface area contributed by atoms with E-state index in [9.17, 15) is 9.18 Å². The van der Waals surface area contributed by atoms with Crippen LogP contribution in [0.5, 0.6) is 0 Å². The summed E-state index contributed by atoms with van der Waals surface area (Å²) in [5.41, 5.74) is -0.251. The molecular weight excluding hydrogens is 199 g/mol. The van der Waals surface area contributed by atoms with E-state index in [1.54, 1.807) is 0 Å². The summed E-state index contributed by atoms with van der Waals surface area (Å²) < 4.78 is 12.7. The van der Waals surface area contributed by atoms with Gasteiger partial charge in [-0.25, -0.2) is 4.98 Å². The molecule has 1 aliphatic carbocycles. The Morgan fingerprint density at radius 1 is 1.67 bits per heavy atom. The first-order valence-electron chi connectivity index (χ1n) is 4.70. The Balaban J connectivity index is 2.08. The summed E-state index contributed by atoms with van der Waals surface area (Å²) in [6.07, 6.45) is 2.77. The lowest BCUT2D eigenvalue weighted by molar-refractivity contribution is 0.0906. The molecule has 0 saturated heterocycles. The van der Waals surface area contributed by atoms with Gasteiger partial charge in [0.25, 0.3) is 5.91 Å². The van der Waals surface area contributed by atoms with Gasteiger partial charge in [-0.15, -0.1) is 0 Å². The maximum absolute atomic E-state index is 12.7. The SMILES string of the molecule is O=C(NC1(CO)CC1)c1ccnc(F)c1. The van der Waals surface area contributed by atoms with E-state index in [-0.39, 0.29) is 18.1 Å². The second kappa shape index (κ2) is 3.58. The number of aliphatic hydroxyl groups excluding tert-OH is 1. The van der Waals surface area contributed by atoms with E-state index in [0.717, 1.165) is 18.9 Å². The lowest BCUT2D eigenvalue weighted by Gasteiger charge is -2.13. The average Bonchev–Trinajstić information content (AvgIpc) is 2.98. The van der Waals surface area contributed by atoms with Crippen molar-refractivity contribution >= 4 is 5.91 Å². The van der Waals surface area contributed by atoms with Gasteiger partial charge < -0.3 is 10.4 Å². The highest BCUT2D eigenvalue weighted by Gasteiger charge is 2.43. The smallest absolute Gasteiger partial charge is 0.252 e. The van der Waals surface area contributed by atoms with E-state index in [1.165, 1.54) is 12.3 Å². The van der Waals surface area contributed by atoms with Gasteiger partial charge in [-0.1, -0.05) is 0 Å². The molecule has 1 saturated carbocycles. The average molecular weight is 210 g/mol. The Morgan fingerprint density at radius 3 is 2.93 bits per heavy atom. The molecule has 0 atom stereocenters. The molecule has 5 heteroatoms. The Kier molecular flexibility index (Phi) is 2.40. The molecule has 0 radical (unpaired) electrons. The van der Waals surface area contributed by atoms with Crippen LogP contribution in [-0.4, -0.2) is 28.1 Å². The zero-order valence-electron chi connectivity index (χ0n) is 8.03. The summed E-state index contributed by atoms with van der Waals surface area (Å²) in [6, 6.07) is 2.51. The number of nitrogens with zero attached hydrogens (tertiary/aromatic N) is 1. The van der Waals surface area contributed by atoms with Crippen molar-refractivity contribution in [3.63, 3.8) is 0 Å². The van der Waals surface area contributed by atoms with Crippen LogP contribution in [-0.2, 0) is 0 Å². The standard InChI is InChI=1S/C10H11FN2O2/c11-8-5-7(1-4-12-8)9(15)13-10(6-14)2-3-10/h1,4-5,14H,2-3,6H2,(H,13,15). The fraction of sp³-hybridized carbons (Fsp3) is 0.400. The molecule has 80 valence electrons. The lowest BCUT2D eigenvalue weighted by Crippen LogP contribution is -2.39. The Morgan fingerprint density at radius 2 is 2.40 bits per heavy atom. The van der Waals surface area contributed by atoms with E-state index in [1.807, 2.05) is 0 Å². The number of hydrogen-bond acceptors (Lipinski definition) is 3. The summed E-state index contributed by atoms with van der Waals surface area (Å²) in [6.45, 7) is -0.0771. The van der Waals surface area contributed by atoms with Crippen LogP contribution in [0.3, 0.4) is 0 Å².